The largest absolute Gasteiger partial charge is 0.458 e. The van der Waals surface area contributed by atoms with Gasteiger partial charge in [0.2, 0.25) is 15.9 Å². The van der Waals surface area contributed by atoms with Crippen LogP contribution in [0.4, 0.5) is 0 Å². The van der Waals surface area contributed by atoms with Crippen molar-refractivity contribution in [3.8, 4) is 0 Å². The number of nitrogens with zero attached hydrogens (tertiary/aromatic N) is 2. The normalized spacial score (nSPS) is 45.1. The van der Waals surface area contributed by atoms with Gasteiger partial charge in [0.05, 0.1) is 62.0 Å². The molecule has 0 bridgehead atoms. The lowest BCUT2D eigenvalue weighted by Crippen LogP contribution is -2.72. The summed E-state index contributed by atoms with van der Waals surface area (Å²) in [5.74, 6) is 4.07. The molecule has 4 heterocycles. The number of fused-ring (bicyclic) bond motifs is 7. The second kappa shape index (κ2) is 23.7. The zero-order valence-corrected chi connectivity index (χ0v) is 45.4. The number of esters is 1. The third kappa shape index (κ3) is 11.0. The van der Waals surface area contributed by atoms with Crippen LogP contribution < -0.4 is 10.6 Å². The molecule has 15 unspecified atom stereocenters. The average Bonchev–Trinajstić information content (AvgIpc) is 3.64. The van der Waals surface area contributed by atoms with Crippen molar-refractivity contribution in [1.82, 2.24) is 19.8 Å². The van der Waals surface area contributed by atoms with Crippen LogP contribution in [-0.2, 0) is 38.6 Å². The summed E-state index contributed by atoms with van der Waals surface area (Å²) in [5, 5.41) is 27.7. The molecule has 0 aromatic carbocycles. The van der Waals surface area contributed by atoms with E-state index in [1.165, 1.54) is 44.9 Å². The third-order valence-electron chi connectivity index (χ3n) is 21.8. The first-order chi connectivity index (χ1) is 34.8. The number of amides is 1. The van der Waals surface area contributed by atoms with Crippen LogP contribution in [0.5, 0.6) is 0 Å². The molecule has 72 heavy (non-hydrogen) atoms. The molecule has 10 fully saturated rings. The lowest BCUT2D eigenvalue weighted by molar-refractivity contribution is -0.268. The maximum absolute atomic E-state index is 14.4. The Bertz CT molecular complexity index is 1890. The van der Waals surface area contributed by atoms with E-state index in [2.05, 4.69) is 36.3 Å². The zero-order valence-electron chi connectivity index (χ0n) is 44.6. The molecule has 10 aliphatic rings. The van der Waals surface area contributed by atoms with Crippen molar-refractivity contribution in [2.24, 2.45) is 71.0 Å². The molecule has 17 atom stereocenters. The highest BCUT2D eigenvalue weighted by Crippen LogP contribution is 2.62. The van der Waals surface area contributed by atoms with Crippen molar-refractivity contribution in [3.63, 3.8) is 0 Å². The van der Waals surface area contributed by atoms with Crippen LogP contribution in [0.2, 0.25) is 0 Å². The van der Waals surface area contributed by atoms with Gasteiger partial charge in [0, 0.05) is 68.5 Å². The second-order valence-corrected chi connectivity index (χ2v) is 27.7. The summed E-state index contributed by atoms with van der Waals surface area (Å²) < 4.78 is 55.8. The van der Waals surface area contributed by atoms with Gasteiger partial charge in [-0.1, -0.05) is 46.5 Å². The summed E-state index contributed by atoms with van der Waals surface area (Å²) in [5.41, 5.74) is -0.645. The Morgan fingerprint density at radius 3 is 2.08 bits per heavy atom. The standard InChI is InChI=1S/C57H96N4O10S/c1-36-10-8-11-44(38(36)3)39-13-15-40(16-14-39)54-49(61-26-7-6-25-60(35-50(54)61)72(66,67)53-12-5-4-9-37(53)2)34-58-23-27-68-29-30-69-28-24-59-55(64)41-17-20-46-45(31-41)56(65)71-57(46)47-21-18-42(62)32-51(47)70-52-33-43(63)19-22-48(52)57/h36-54,58,62-63H,4-35H2,1-3H3,(H,59,64)/t36?,37?,38?,39?,40?,41?,42?,43?,44?,45?,46?,47?,48?,49-,50?,51?,52?,53?,54-,57?/m1/s1. The minimum absolute atomic E-state index is 0.0245. The van der Waals surface area contributed by atoms with Crippen molar-refractivity contribution in [2.75, 3.05) is 65.7 Å². The molecule has 4 N–H and O–H groups in total. The predicted octanol–water partition coefficient (Wildman–Crippen LogP) is 6.69. The molecule has 10 rings (SSSR count). The van der Waals surface area contributed by atoms with E-state index < -0.39 is 27.8 Å². The molecule has 410 valence electrons. The Balaban J connectivity index is 0.655. The highest BCUT2D eigenvalue weighted by molar-refractivity contribution is 7.89. The summed E-state index contributed by atoms with van der Waals surface area (Å²) in [6.07, 6.45) is 20.1. The van der Waals surface area contributed by atoms with Crippen molar-refractivity contribution in [3.05, 3.63) is 0 Å². The first-order valence-corrected chi connectivity index (χ1v) is 31.5. The maximum Gasteiger partial charge on any atom is 0.309 e. The maximum atomic E-state index is 14.4. The van der Waals surface area contributed by atoms with Gasteiger partial charge in [0.25, 0.3) is 0 Å². The summed E-state index contributed by atoms with van der Waals surface area (Å²) in [6, 6.07) is 0.721. The number of rotatable bonds is 16. The molecule has 1 amide bonds. The van der Waals surface area contributed by atoms with E-state index in [-0.39, 0.29) is 64.8 Å². The van der Waals surface area contributed by atoms with Crippen LogP contribution in [0.1, 0.15) is 162 Å². The second-order valence-electron chi connectivity index (χ2n) is 25.5. The molecule has 14 nitrogen and oxygen atoms in total. The molecule has 0 aromatic rings. The van der Waals surface area contributed by atoms with Gasteiger partial charge in [-0.05, 0) is 164 Å². The van der Waals surface area contributed by atoms with E-state index in [4.69, 9.17) is 18.9 Å². The molecular formula is C57H96N4O10S. The number of hydrogen-bond acceptors (Lipinski definition) is 12. The third-order valence-corrected chi connectivity index (χ3v) is 24.3. The van der Waals surface area contributed by atoms with E-state index in [1.54, 1.807) is 0 Å². The Morgan fingerprint density at radius 1 is 0.708 bits per heavy atom. The summed E-state index contributed by atoms with van der Waals surface area (Å²) in [4.78, 5) is 29.9. The smallest absolute Gasteiger partial charge is 0.309 e. The van der Waals surface area contributed by atoms with Crippen molar-refractivity contribution in [1.29, 1.82) is 0 Å². The Morgan fingerprint density at radius 2 is 1.36 bits per heavy atom. The van der Waals surface area contributed by atoms with Gasteiger partial charge in [0.1, 0.15) is 5.60 Å². The number of carbonyl (C=O) groups is 2. The van der Waals surface area contributed by atoms with Gasteiger partial charge >= 0.3 is 5.97 Å². The number of sulfonamides is 1. The summed E-state index contributed by atoms with van der Waals surface area (Å²) in [6.45, 7) is 13.5. The zero-order chi connectivity index (χ0) is 50.1. The molecule has 1 spiro atoms. The summed E-state index contributed by atoms with van der Waals surface area (Å²) in [7, 11) is -3.35. The highest BCUT2D eigenvalue weighted by atomic mass is 32.2. The Kier molecular flexibility index (Phi) is 17.7. The fourth-order valence-electron chi connectivity index (χ4n) is 18.0. The first-order valence-electron chi connectivity index (χ1n) is 30.0. The van der Waals surface area contributed by atoms with Crippen molar-refractivity contribution >= 4 is 21.9 Å². The predicted molar refractivity (Wildman–Crippen MR) is 276 cm³/mol. The highest BCUT2D eigenvalue weighted by Gasteiger charge is 2.69. The van der Waals surface area contributed by atoms with Gasteiger partial charge in [-0.25, -0.2) is 12.7 Å². The number of ether oxygens (including phenoxy) is 4. The first kappa shape index (κ1) is 53.9. The lowest BCUT2D eigenvalue weighted by atomic mass is 9.54. The van der Waals surface area contributed by atoms with Crippen LogP contribution in [-0.4, -0.2) is 153 Å². The Hall–Kier alpha value is -1.43. The van der Waals surface area contributed by atoms with Crippen molar-refractivity contribution < 1.29 is 47.2 Å². The monoisotopic (exact) mass is 1030 g/mol. The molecule has 4 aliphatic heterocycles. The topological polar surface area (TPSA) is 176 Å². The number of aliphatic hydroxyl groups excluding tert-OH is 2. The Labute approximate surface area is 433 Å². The quantitative estimate of drug-likeness (QED) is 0.0954. The van der Waals surface area contributed by atoms with E-state index >= 15 is 0 Å². The molecule has 6 saturated carbocycles. The fraction of sp³-hybridized carbons (Fsp3) is 0.965. The van der Waals surface area contributed by atoms with Crippen LogP contribution in [0.15, 0.2) is 0 Å². The lowest BCUT2D eigenvalue weighted by Gasteiger charge is -2.61. The van der Waals surface area contributed by atoms with E-state index in [9.17, 15) is 28.2 Å². The number of carbonyl (C=O) groups excluding carboxylic acids is 2. The minimum atomic E-state index is -3.35. The molecule has 4 saturated heterocycles. The van der Waals surface area contributed by atoms with Crippen LogP contribution in [0.3, 0.4) is 0 Å². The number of nitrogens with one attached hydrogen (secondary N) is 2. The minimum Gasteiger partial charge on any atom is -0.458 e. The molecule has 0 radical (unpaired) electrons. The van der Waals surface area contributed by atoms with E-state index in [1.807, 2.05) is 4.31 Å². The van der Waals surface area contributed by atoms with E-state index in [0.717, 1.165) is 101 Å². The van der Waals surface area contributed by atoms with Crippen molar-refractivity contribution in [2.45, 2.75) is 209 Å². The molecule has 6 aliphatic carbocycles. The fourth-order valence-corrected chi connectivity index (χ4v) is 20.3. The molecular weight excluding hydrogens is 933 g/mol. The van der Waals surface area contributed by atoms with Gasteiger partial charge < -0.3 is 39.8 Å². The van der Waals surface area contributed by atoms with Crippen LogP contribution >= 0.6 is 0 Å². The van der Waals surface area contributed by atoms with Gasteiger partial charge in [-0.15, -0.1) is 0 Å². The van der Waals surface area contributed by atoms with Gasteiger partial charge in [-0.3, -0.25) is 14.5 Å². The van der Waals surface area contributed by atoms with Crippen LogP contribution in [0, 0.1) is 71.0 Å². The SMILES string of the molecule is CC1CCCC(C2CCC([C@H]3C4CN(S(=O)(=O)C5CCCCC5C)CCCCN4[C@@H]3CNCCOCCOCCNC(=O)C3CCC4C(C3)C(=O)OC43C4CCC(O)CC4OC4CC(O)CCC43)CC2)C1C. The van der Waals surface area contributed by atoms with E-state index in [0.29, 0.717) is 109 Å². The number of hydrogen-bond donors (Lipinski definition) is 4. The van der Waals surface area contributed by atoms with Gasteiger partial charge in [-0.2, -0.15) is 0 Å². The number of aliphatic hydroxyl groups is 2. The average molecular weight is 1030 g/mol. The molecule has 0 aromatic heterocycles. The van der Waals surface area contributed by atoms with Crippen LogP contribution in [0.25, 0.3) is 0 Å². The van der Waals surface area contributed by atoms with Gasteiger partial charge in [0.15, 0.2) is 0 Å². The molecule has 15 heteroatoms. The summed E-state index contributed by atoms with van der Waals surface area (Å²) >= 11 is 0.